The van der Waals surface area contributed by atoms with Crippen molar-refractivity contribution in [2.45, 2.75) is 92.5 Å². The van der Waals surface area contributed by atoms with E-state index < -0.39 is 0 Å². The van der Waals surface area contributed by atoms with Gasteiger partial charge in [0, 0.05) is 0 Å². The van der Waals surface area contributed by atoms with Crippen molar-refractivity contribution in [2.75, 3.05) is 0 Å². The lowest BCUT2D eigenvalue weighted by atomic mass is 10.6. The first kappa shape index (κ1) is 117. The van der Waals surface area contributed by atoms with E-state index in [0.717, 1.165) is 0 Å². The van der Waals surface area contributed by atoms with Gasteiger partial charge in [0.2, 0.25) is 0 Å². The minimum Gasteiger partial charge on any atom is -0.0776 e. The van der Waals surface area contributed by atoms with Crippen LogP contribution in [0.15, 0.2) is 0 Å². The molecule has 0 aromatic heterocycles. The minimum atomic E-state index is 0. The second-order valence-electron chi connectivity index (χ2n) is 1.41. The van der Waals surface area contributed by atoms with Crippen molar-refractivity contribution >= 4 is 0 Å². The van der Waals surface area contributed by atoms with Gasteiger partial charge in [-0.25, -0.2) is 0 Å². The van der Waals surface area contributed by atoms with E-state index in [4.69, 9.17) is 0 Å². The van der Waals surface area contributed by atoms with Gasteiger partial charge in [-0.1, -0.05) is 92.5 Å². The highest BCUT2D eigenvalue weighted by Crippen LogP contribution is 1.56. The molecule has 0 atom stereocenters. The number of rotatable bonds is 0. The average molecular weight is 200 g/mol. The van der Waals surface area contributed by atoms with Crippen molar-refractivity contribution in [2.24, 2.45) is 0 Å². The molecule has 0 nitrogen and oxygen atoms in total. The molecule has 0 heteroatoms. The predicted octanol–water partition coefficient (Wildman–Crippen LogP) is 7.29. The smallest absolute Gasteiger partial charge is 0.0590 e. The number of hydrogen-bond donors (Lipinski definition) is 0. The van der Waals surface area contributed by atoms with Gasteiger partial charge in [0.05, 0.1) is 0 Å². The molecule has 0 spiro atoms. The molecule has 13 heavy (non-hydrogen) atoms. The maximum absolute atomic E-state index is 2.12. The Morgan fingerprint density at radius 2 is 0.385 bits per heavy atom. The Hall–Kier alpha value is 0. The van der Waals surface area contributed by atoms with Gasteiger partial charge in [-0.05, 0) is 0 Å². The first-order valence-corrected chi connectivity index (χ1v) is 2.83. The fraction of sp³-hybridized carbons (Fsp3) is 1.00. The summed E-state index contributed by atoms with van der Waals surface area (Å²) in [6, 6.07) is 0. The topological polar surface area (TPSA) is 0 Å². The molecule has 0 amide bonds. The van der Waals surface area contributed by atoms with Crippen LogP contribution in [0.3, 0.4) is 0 Å². The SMILES string of the molecule is C.C.C.C.C.C.C.CCC.CCC. The van der Waals surface area contributed by atoms with E-state index in [2.05, 4.69) is 27.7 Å². The van der Waals surface area contributed by atoms with Crippen LogP contribution >= 0.6 is 0 Å². The van der Waals surface area contributed by atoms with E-state index in [9.17, 15) is 0 Å². The molecular formula is C13H44. The van der Waals surface area contributed by atoms with Gasteiger partial charge in [-0.2, -0.15) is 0 Å². The molecule has 0 saturated heterocycles. The maximum atomic E-state index is 2.12. The van der Waals surface area contributed by atoms with Crippen LogP contribution in [-0.4, -0.2) is 0 Å². The molecule has 0 aliphatic rings. The molecule has 0 rings (SSSR count). The van der Waals surface area contributed by atoms with Crippen molar-refractivity contribution in [1.82, 2.24) is 0 Å². The highest BCUT2D eigenvalue weighted by atomic mass is 13.4. The highest BCUT2D eigenvalue weighted by Gasteiger charge is 1.36. The summed E-state index contributed by atoms with van der Waals surface area (Å²) in [4.78, 5) is 0. The second-order valence-corrected chi connectivity index (χ2v) is 1.41. The van der Waals surface area contributed by atoms with E-state index in [0.29, 0.717) is 0 Å². The quantitative estimate of drug-likeness (QED) is 0.385. The van der Waals surface area contributed by atoms with Gasteiger partial charge in [0.1, 0.15) is 0 Å². The largest absolute Gasteiger partial charge is 0.0776 e. The van der Waals surface area contributed by atoms with Crippen molar-refractivity contribution in [3.8, 4) is 0 Å². The van der Waals surface area contributed by atoms with Crippen LogP contribution in [0, 0.1) is 0 Å². The Labute approximate surface area is 93.2 Å². The third-order valence-electron chi connectivity index (χ3n) is 0. The lowest BCUT2D eigenvalue weighted by Crippen LogP contribution is -1.27. The van der Waals surface area contributed by atoms with Crippen LogP contribution < -0.4 is 0 Å². The minimum absolute atomic E-state index is 0. The zero-order valence-corrected chi connectivity index (χ0v) is 5.41. The first-order valence-electron chi connectivity index (χ1n) is 2.83. The van der Waals surface area contributed by atoms with Crippen LogP contribution in [0.5, 0.6) is 0 Å². The fourth-order valence-electron chi connectivity index (χ4n) is 0. The van der Waals surface area contributed by atoms with Gasteiger partial charge in [0.25, 0.3) is 0 Å². The Morgan fingerprint density at radius 1 is 0.385 bits per heavy atom. The molecule has 0 unspecified atom stereocenters. The van der Waals surface area contributed by atoms with Gasteiger partial charge in [-0.15, -0.1) is 0 Å². The van der Waals surface area contributed by atoms with E-state index in [1.165, 1.54) is 12.8 Å². The van der Waals surface area contributed by atoms with Crippen molar-refractivity contribution in [1.29, 1.82) is 0 Å². The monoisotopic (exact) mass is 200 g/mol. The molecule has 0 aromatic rings. The molecule has 0 radical (unpaired) electrons. The Morgan fingerprint density at radius 3 is 0.385 bits per heavy atom. The number of hydrogen-bond acceptors (Lipinski definition) is 0. The Balaban J connectivity index is -0.00000000229. The molecule has 0 bridgehead atoms. The summed E-state index contributed by atoms with van der Waals surface area (Å²) < 4.78 is 0. The van der Waals surface area contributed by atoms with E-state index >= 15 is 0 Å². The lowest BCUT2D eigenvalue weighted by Gasteiger charge is -1.48. The van der Waals surface area contributed by atoms with Crippen LogP contribution in [0.25, 0.3) is 0 Å². The van der Waals surface area contributed by atoms with Crippen molar-refractivity contribution < 1.29 is 0 Å². The van der Waals surface area contributed by atoms with E-state index in [-0.39, 0.29) is 52.0 Å². The third-order valence-corrected chi connectivity index (χ3v) is 0. The summed E-state index contributed by atoms with van der Waals surface area (Å²) in [5, 5.41) is 0. The van der Waals surface area contributed by atoms with Gasteiger partial charge in [-0.3, -0.25) is 0 Å². The zero-order chi connectivity index (χ0) is 5.41. The molecule has 0 heterocycles. The summed E-state index contributed by atoms with van der Waals surface area (Å²) in [7, 11) is 0. The Kier molecular flexibility index (Phi) is 3270. The maximum Gasteiger partial charge on any atom is -0.0590 e. The molecule has 0 saturated carbocycles. The van der Waals surface area contributed by atoms with E-state index in [1.807, 2.05) is 0 Å². The Bertz CT molecular complexity index is 2.00. The van der Waals surface area contributed by atoms with Crippen molar-refractivity contribution in [3.05, 3.63) is 0 Å². The standard InChI is InChI=1S/2C3H8.7CH4/c2*1-3-2;;;;;;;/h2*3H2,1-2H3;7*1H4. The average Bonchev–Trinajstić information content (AvgIpc) is 1.39. The van der Waals surface area contributed by atoms with Crippen LogP contribution in [0.4, 0.5) is 0 Å². The molecule has 0 aliphatic carbocycles. The van der Waals surface area contributed by atoms with Gasteiger partial charge in [0.15, 0.2) is 0 Å². The van der Waals surface area contributed by atoms with Gasteiger partial charge >= 0.3 is 0 Å². The molecular weight excluding hydrogens is 156 g/mol. The van der Waals surface area contributed by atoms with Crippen LogP contribution in [0.1, 0.15) is 92.5 Å². The van der Waals surface area contributed by atoms with Crippen molar-refractivity contribution in [3.63, 3.8) is 0 Å². The molecule has 0 N–H and O–H groups in total. The van der Waals surface area contributed by atoms with Crippen LogP contribution in [0.2, 0.25) is 0 Å². The zero-order valence-electron chi connectivity index (χ0n) is 5.41. The molecule has 0 aromatic carbocycles. The summed E-state index contributed by atoms with van der Waals surface area (Å²) in [6.45, 7) is 8.50. The fourth-order valence-corrected chi connectivity index (χ4v) is 0. The summed E-state index contributed by atoms with van der Waals surface area (Å²) in [5.74, 6) is 0. The highest BCUT2D eigenvalue weighted by molar-refractivity contribution is 3.92. The predicted molar refractivity (Wildman–Crippen MR) is 79.0 cm³/mol. The van der Waals surface area contributed by atoms with Gasteiger partial charge < -0.3 is 0 Å². The summed E-state index contributed by atoms with van der Waals surface area (Å²) in [5.41, 5.74) is 0. The summed E-state index contributed by atoms with van der Waals surface area (Å²) >= 11 is 0. The summed E-state index contributed by atoms with van der Waals surface area (Å²) in [6.07, 6.45) is 2.50. The molecule has 0 fully saturated rings. The third kappa shape index (κ3) is 0. The van der Waals surface area contributed by atoms with Crippen LogP contribution in [-0.2, 0) is 0 Å². The lowest BCUT2D eigenvalue weighted by molar-refractivity contribution is 1.09. The first-order chi connectivity index (χ1) is 2.83. The van der Waals surface area contributed by atoms with E-state index in [1.54, 1.807) is 0 Å². The molecule has 96 valence electrons. The second kappa shape index (κ2) is 363. The normalized spacial score (nSPS) is 2.77. The molecule has 0 aliphatic heterocycles.